The fraction of sp³-hybridized carbons (Fsp3) is 0.889. The Kier molecular flexibility index (Phi) is 4.69. The maximum absolute atomic E-state index is 11.5. The van der Waals surface area contributed by atoms with E-state index in [2.05, 4.69) is 5.32 Å². The van der Waals surface area contributed by atoms with Crippen LogP contribution in [-0.4, -0.2) is 49.8 Å². The van der Waals surface area contributed by atoms with Crippen LogP contribution in [0.25, 0.3) is 0 Å². The van der Waals surface area contributed by atoms with Crippen molar-refractivity contribution in [3.63, 3.8) is 0 Å². The van der Waals surface area contributed by atoms with Gasteiger partial charge in [0, 0.05) is 25.7 Å². The van der Waals surface area contributed by atoms with E-state index in [1.165, 1.54) is 0 Å². The van der Waals surface area contributed by atoms with Crippen LogP contribution >= 0.6 is 0 Å². The van der Waals surface area contributed by atoms with E-state index in [0.717, 1.165) is 6.42 Å². The summed E-state index contributed by atoms with van der Waals surface area (Å²) in [5.74, 6) is 0. The first-order chi connectivity index (χ1) is 6.74. The summed E-state index contributed by atoms with van der Waals surface area (Å²) in [4.78, 5) is 13.3. The Morgan fingerprint density at radius 2 is 2.21 bits per heavy atom. The highest BCUT2D eigenvalue weighted by Crippen LogP contribution is 1.96. The first-order valence-electron chi connectivity index (χ1n) is 5.10. The largest absolute Gasteiger partial charge is 0.378 e. The molecule has 0 spiro atoms. The van der Waals surface area contributed by atoms with Crippen LogP contribution in [0, 0.1) is 0 Å². The SMILES string of the molecule is CCC(N)CNC(=O)N1CCOCC1. The smallest absolute Gasteiger partial charge is 0.317 e. The van der Waals surface area contributed by atoms with Gasteiger partial charge in [-0.15, -0.1) is 0 Å². The van der Waals surface area contributed by atoms with E-state index in [0.29, 0.717) is 32.8 Å². The van der Waals surface area contributed by atoms with Gasteiger partial charge in [0.05, 0.1) is 13.2 Å². The second-order valence-electron chi connectivity index (χ2n) is 3.45. The molecular weight excluding hydrogens is 182 g/mol. The van der Waals surface area contributed by atoms with E-state index in [4.69, 9.17) is 10.5 Å². The van der Waals surface area contributed by atoms with Crippen LogP contribution < -0.4 is 11.1 Å². The fourth-order valence-corrected chi connectivity index (χ4v) is 1.24. The van der Waals surface area contributed by atoms with E-state index in [1.807, 2.05) is 6.92 Å². The van der Waals surface area contributed by atoms with Gasteiger partial charge >= 0.3 is 6.03 Å². The second-order valence-corrected chi connectivity index (χ2v) is 3.45. The summed E-state index contributed by atoms with van der Waals surface area (Å²) in [5, 5.41) is 2.81. The van der Waals surface area contributed by atoms with Gasteiger partial charge < -0.3 is 20.7 Å². The molecule has 0 radical (unpaired) electrons. The Hall–Kier alpha value is -0.810. The number of morpholine rings is 1. The van der Waals surface area contributed by atoms with E-state index < -0.39 is 0 Å². The Morgan fingerprint density at radius 1 is 1.57 bits per heavy atom. The Morgan fingerprint density at radius 3 is 2.79 bits per heavy atom. The van der Waals surface area contributed by atoms with Crippen LogP contribution in [0.3, 0.4) is 0 Å². The lowest BCUT2D eigenvalue weighted by Crippen LogP contribution is -2.48. The third kappa shape index (κ3) is 3.51. The summed E-state index contributed by atoms with van der Waals surface area (Å²) in [7, 11) is 0. The predicted molar refractivity (Wildman–Crippen MR) is 54.1 cm³/mol. The van der Waals surface area contributed by atoms with Crippen molar-refractivity contribution in [2.24, 2.45) is 5.73 Å². The van der Waals surface area contributed by atoms with Gasteiger partial charge in [0.1, 0.15) is 0 Å². The van der Waals surface area contributed by atoms with E-state index in [-0.39, 0.29) is 12.1 Å². The molecule has 0 bridgehead atoms. The molecule has 1 heterocycles. The average Bonchev–Trinajstić information content (AvgIpc) is 2.26. The summed E-state index contributed by atoms with van der Waals surface area (Å²) in [6.07, 6.45) is 0.878. The minimum Gasteiger partial charge on any atom is -0.378 e. The summed E-state index contributed by atoms with van der Waals surface area (Å²) >= 11 is 0. The molecule has 1 aliphatic heterocycles. The number of carbonyl (C=O) groups excluding carboxylic acids is 1. The number of urea groups is 1. The number of nitrogens with two attached hydrogens (primary N) is 1. The molecule has 1 rings (SSSR count). The van der Waals surface area contributed by atoms with Crippen LogP contribution in [-0.2, 0) is 4.74 Å². The first-order valence-corrected chi connectivity index (χ1v) is 5.10. The number of hydrogen-bond acceptors (Lipinski definition) is 3. The number of nitrogens with one attached hydrogen (secondary N) is 1. The number of amides is 2. The first kappa shape index (κ1) is 11.3. The van der Waals surface area contributed by atoms with E-state index in [1.54, 1.807) is 4.90 Å². The summed E-state index contributed by atoms with van der Waals surface area (Å²) in [5.41, 5.74) is 5.69. The molecule has 1 aliphatic rings. The van der Waals surface area contributed by atoms with Gasteiger partial charge in [-0.2, -0.15) is 0 Å². The summed E-state index contributed by atoms with van der Waals surface area (Å²) in [6, 6.07) is 0.0252. The number of ether oxygens (including phenoxy) is 1. The molecule has 5 heteroatoms. The summed E-state index contributed by atoms with van der Waals surface area (Å²) < 4.78 is 5.15. The molecule has 0 aromatic carbocycles. The molecule has 0 saturated carbocycles. The topological polar surface area (TPSA) is 67.6 Å². The van der Waals surface area contributed by atoms with Crippen LogP contribution in [0.15, 0.2) is 0 Å². The second kappa shape index (κ2) is 5.82. The summed E-state index contributed by atoms with van der Waals surface area (Å²) in [6.45, 7) is 5.17. The molecule has 14 heavy (non-hydrogen) atoms. The van der Waals surface area contributed by atoms with Gasteiger partial charge in [-0.3, -0.25) is 0 Å². The quantitative estimate of drug-likeness (QED) is 0.662. The van der Waals surface area contributed by atoms with Gasteiger partial charge in [0.25, 0.3) is 0 Å². The molecule has 3 N–H and O–H groups in total. The normalized spacial score (nSPS) is 19.1. The molecule has 2 amide bonds. The Labute approximate surface area is 84.6 Å². The third-order valence-corrected chi connectivity index (χ3v) is 2.34. The van der Waals surface area contributed by atoms with Crippen molar-refractivity contribution in [2.45, 2.75) is 19.4 Å². The number of carbonyl (C=O) groups is 1. The van der Waals surface area contributed by atoms with Gasteiger partial charge in [0.15, 0.2) is 0 Å². The molecule has 1 atom stereocenters. The van der Waals surface area contributed by atoms with Gasteiger partial charge in [0.2, 0.25) is 0 Å². The molecule has 1 unspecified atom stereocenters. The van der Waals surface area contributed by atoms with Gasteiger partial charge in [-0.25, -0.2) is 4.79 Å². The minimum absolute atomic E-state index is 0.0304. The maximum Gasteiger partial charge on any atom is 0.317 e. The number of nitrogens with zero attached hydrogens (tertiary/aromatic N) is 1. The molecule has 82 valence electrons. The number of rotatable bonds is 3. The zero-order valence-corrected chi connectivity index (χ0v) is 8.66. The highest BCUT2D eigenvalue weighted by atomic mass is 16.5. The Balaban J connectivity index is 2.19. The van der Waals surface area contributed by atoms with Crippen molar-refractivity contribution < 1.29 is 9.53 Å². The van der Waals surface area contributed by atoms with Crippen LogP contribution in [0.1, 0.15) is 13.3 Å². The lowest BCUT2D eigenvalue weighted by Gasteiger charge is -2.27. The van der Waals surface area contributed by atoms with Crippen molar-refractivity contribution in [1.82, 2.24) is 10.2 Å². The Bertz CT molecular complexity index is 181. The van der Waals surface area contributed by atoms with Crippen molar-refractivity contribution >= 4 is 6.03 Å². The van der Waals surface area contributed by atoms with E-state index >= 15 is 0 Å². The molecule has 1 saturated heterocycles. The monoisotopic (exact) mass is 201 g/mol. The fourth-order valence-electron chi connectivity index (χ4n) is 1.24. The van der Waals surface area contributed by atoms with Crippen molar-refractivity contribution in [2.75, 3.05) is 32.8 Å². The molecule has 0 aliphatic carbocycles. The minimum atomic E-state index is -0.0304. The third-order valence-electron chi connectivity index (χ3n) is 2.34. The molecular formula is C9H19N3O2. The van der Waals surface area contributed by atoms with Gasteiger partial charge in [-0.05, 0) is 6.42 Å². The van der Waals surface area contributed by atoms with Gasteiger partial charge in [-0.1, -0.05) is 6.92 Å². The number of hydrogen-bond donors (Lipinski definition) is 2. The highest BCUT2D eigenvalue weighted by Gasteiger charge is 2.16. The average molecular weight is 201 g/mol. The molecule has 5 nitrogen and oxygen atoms in total. The molecule has 0 aromatic rings. The van der Waals surface area contributed by atoms with Crippen LogP contribution in [0.4, 0.5) is 4.79 Å². The zero-order chi connectivity index (χ0) is 10.4. The lowest BCUT2D eigenvalue weighted by atomic mass is 10.2. The van der Waals surface area contributed by atoms with Crippen LogP contribution in [0.2, 0.25) is 0 Å². The predicted octanol–water partition coefficient (Wildman–Crippen LogP) is -0.234. The molecule has 1 fully saturated rings. The zero-order valence-electron chi connectivity index (χ0n) is 8.66. The highest BCUT2D eigenvalue weighted by molar-refractivity contribution is 5.74. The molecule has 0 aromatic heterocycles. The standard InChI is InChI=1S/C9H19N3O2/c1-2-8(10)7-11-9(13)12-3-5-14-6-4-12/h8H,2-7,10H2,1H3,(H,11,13). The lowest BCUT2D eigenvalue weighted by molar-refractivity contribution is 0.0531. The van der Waals surface area contributed by atoms with Crippen LogP contribution in [0.5, 0.6) is 0 Å². The van der Waals surface area contributed by atoms with Crippen molar-refractivity contribution in [3.05, 3.63) is 0 Å². The maximum atomic E-state index is 11.5. The van der Waals surface area contributed by atoms with Crippen molar-refractivity contribution in [3.8, 4) is 0 Å². The van der Waals surface area contributed by atoms with E-state index in [9.17, 15) is 4.79 Å². The van der Waals surface area contributed by atoms with Crippen molar-refractivity contribution in [1.29, 1.82) is 0 Å².